The van der Waals surface area contributed by atoms with Gasteiger partial charge in [0.2, 0.25) is 0 Å². The Balaban J connectivity index is 1.53. The summed E-state index contributed by atoms with van der Waals surface area (Å²) in [7, 11) is 0. The number of pyridine rings is 2. The lowest BCUT2D eigenvalue weighted by Gasteiger charge is -2.35. The van der Waals surface area contributed by atoms with Gasteiger partial charge in [-0.05, 0) is 24.3 Å². The zero-order chi connectivity index (χ0) is 17.2. The van der Waals surface area contributed by atoms with Crippen LogP contribution in [0.2, 0.25) is 0 Å². The van der Waals surface area contributed by atoms with Crippen molar-refractivity contribution >= 4 is 17.4 Å². The number of hydrogen-bond acceptors (Lipinski definition) is 5. The Morgan fingerprint density at radius 1 is 0.960 bits per heavy atom. The molecular formula is C18H17N5O2. The molecule has 7 heteroatoms. The van der Waals surface area contributed by atoms with Crippen LogP contribution in [0.25, 0.3) is 5.65 Å². The first kappa shape index (κ1) is 15.3. The summed E-state index contributed by atoms with van der Waals surface area (Å²) in [5.74, 6) is 0.637. The van der Waals surface area contributed by atoms with Crippen molar-refractivity contribution in [2.75, 3.05) is 31.1 Å². The van der Waals surface area contributed by atoms with E-state index in [9.17, 15) is 9.59 Å². The van der Waals surface area contributed by atoms with Gasteiger partial charge in [-0.25, -0.2) is 9.97 Å². The fourth-order valence-electron chi connectivity index (χ4n) is 3.02. The van der Waals surface area contributed by atoms with Crippen LogP contribution in [0.4, 0.5) is 5.82 Å². The highest BCUT2D eigenvalue weighted by Crippen LogP contribution is 2.13. The molecule has 1 aliphatic rings. The van der Waals surface area contributed by atoms with Crippen molar-refractivity contribution in [2.24, 2.45) is 0 Å². The van der Waals surface area contributed by atoms with Crippen LogP contribution in [0.15, 0.2) is 59.8 Å². The van der Waals surface area contributed by atoms with Crippen molar-refractivity contribution in [1.29, 1.82) is 0 Å². The fourth-order valence-corrected chi connectivity index (χ4v) is 3.02. The van der Waals surface area contributed by atoms with Crippen LogP contribution in [-0.4, -0.2) is 51.4 Å². The van der Waals surface area contributed by atoms with Crippen molar-refractivity contribution in [3.05, 3.63) is 70.9 Å². The lowest BCUT2D eigenvalue weighted by atomic mass is 10.2. The average Bonchev–Trinajstić information content (AvgIpc) is 2.69. The van der Waals surface area contributed by atoms with E-state index in [1.165, 1.54) is 10.6 Å². The van der Waals surface area contributed by atoms with Gasteiger partial charge in [0.25, 0.3) is 11.5 Å². The summed E-state index contributed by atoms with van der Waals surface area (Å²) in [5, 5.41) is 0. The second kappa shape index (κ2) is 6.35. The summed E-state index contributed by atoms with van der Waals surface area (Å²) in [6, 6.07) is 11.1. The highest BCUT2D eigenvalue weighted by Gasteiger charge is 2.25. The molecule has 1 saturated heterocycles. The number of carbonyl (C=O) groups excluding carboxylic acids is 1. The zero-order valence-electron chi connectivity index (χ0n) is 13.6. The van der Waals surface area contributed by atoms with Gasteiger partial charge in [-0.1, -0.05) is 12.1 Å². The standard InChI is InChI=1S/C18H17N5O2/c24-17(14-13-20-16-6-2-4-8-23(16)18(14)25)22-11-9-21(10-12-22)15-5-1-3-7-19-15/h1-8,13H,9-12H2. The van der Waals surface area contributed by atoms with E-state index in [2.05, 4.69) is 14.9 Å². The van der Waals surface area contributed by atoms with E-state index in [0.717, 1.165) is 5.82 Å². The van der Waals surface area contributed by atoms with Gasteiger partial charge in [0, 0.05) is 44.8 Å². The van der Waals surface area contributed by atoms with E-state index in [4.69, 9.17) is 0 Å². The Hall–Kier alpha value is -3.22. The number of hydrogen-bond donors (Lipinski definition) is 0. The molecule has 4 heterocycles. The van der Waals surface area contributed by atoms with E-state index < -0.39 is 0 Å². The topological polar surface area (TPSA) is 70.8 Å². The lowest BCUT2D eigenvalue weighted by molar-refractivity contribution is 0.0744. The van der Waals surface area contributed by atoms with Gasteiger partial charge in [-0.15, -0.1) is 0 Å². The minimum Gasteiger partial charge on any atom is -0.353 e. The van der Waals surface area contributed by atoms with Gasteiger partial charge >= 0.3 is 0 Å². The molecule has 1 fully saturated rings. The number of piperazine rings is 1. The van der Waals surface area contributed by atoms with Gasteiger partial charge < -0.3 is 9.80 Å². The van der Waals surface area contributed by atoms with Crippen molar-refractivity contribution in [3.63, 3.8) is 0 Å². The zero-order valence-corrected chi connectivity index (χ0v) is 13.6. The Kier molecular flexibility index (Phi) is 3.89. The maximum absolute atomic E-state index is 12.7. The largest absolute Gasteiger partial charge is 0.353 e. The average molecular weight is 335 g/mol. The summed E-state index contributed by atoms with van der Waals surface area (Å²) < 4.78 is 1.40. The molecule has 0 radical (unpaired) electrons. The van der Waals surface area contributed by atoms with Gasteiger partial charge in [-0.3, -0.25) is 14.0 Å². The van der Waals surface area contributed by atoms with Crippen molar-refractivity contribution in [2.45, 2.75) is 0 Å². The van der Waals surface area contributed by atoms with Crippen LogP contribution in [0.1, 0.15) is 10.4 Å². The minimum atomic E-state index is -0.331. The molecule has 0 unspecified atom stereocenters. The van der Waals surface area contributed by atoms with Crippen LogP contribution in [-0.2, 0) is 0 Å². The van der Waals surface area contributed by atoms with Gasteiger partial charge in [-0.2, -0.15) is 0 Å². The number of carbonyl (C=O) groups is 1. The highest BCUT2D eigenvalue weighted by molar-refractivity contribution is 5.94. The first-order chi connectivity index (χ1) is 12.2. The molecule has 3 aromatic rings. The van der Waals surface area contributed by atoms with Crippen molar-refractivity contribution in [3.8, 4) is 0 Å². The highest BCUT2D eigenvalue weighted by atomic mass is 16.2. The quantitative estimate of drug-likeness (QED) is 0.700. The Bertz CT molecular complexity index is 962. The fraction of sp³-hybridized carbons (Fsp3) is 0.222. The van der Waals surface area contributed by atoms with Gasteiger partial charge in [0.05, 0.1) is 0 Å². The molecule has 1 amide bonds. The Morgan fingerprint density at radius 3 is 2.52 bits per heavy atom. The van der Waals surface area contributed by atoms with E-state index in [0.29, 0.717) is 31.8 Å². The maximum Gasteiger partial charge on any atom is 0.270 e. The molecule has 1 aliphatic heterocycles. The molecule has 0 spiro atoms. The molecule has 0 saturated carbocycles. The van der Waals surface area contributed by atoms with Crippen LogP contribution in [0, 0.1) is 0 Å². The van der Waals surface area contributed by atoms with E-state index in [1.54, 1.807) is 35.5 Å². The van der Waals surface area contributed by atoms with Crippen LogP contribution < -0.4 is 10.5 Å². The predicted molar refractivity (Wildman–Crippen MR) is 93.8 cm³/mol. The number of aromatic nitrogens is 3. The van der Waals surface area contributed by atoms with Crippen LogP contribution in [0.5, 0.6) is 0 Å². The second-order valence-electron chi connectivity index (χ2n) is 5.87. The molecule has 126 valence electrons. The molecule has 0 N–H and O–H groups in total. The number of fused-ring (bicyclic) bond motifs is 1. The normalized spacial score (nSPS) is 14.7. The third-order valence-electron chi connectivity index (χ3n) is 4.38. The molecular weight excluding hydrogens is 318 g/mol. The number of rotatable bonds is 2. The summed E-state index contributed by atoms with van der Waals surface area (Å²) in [5.41, 5.74) is 0.307. The third-order valence-corrected chi connectivity index (χ3v) is 4.38. The predicted octanol–water partition coefficient (Wildman–Crippen LogP) is 1.05. The lowest BCUT2D eigenvalue weighted by Crippen LogP contribution is -2.50. The number of amides is 1. The smallest absolute Gasteiger partial charge is 0.270 e. The van der Waals surface area contributed by atoms with Crippen LogP contribution in [0.3, 0.4) is 0 Å². The molecule has 0 atom stereocenters. The van der Waals surface area contributed by atoms with E-state index in [-0.39, 0.29) is 17.0 Å². The first-order valence-electron chi connectivity index (χ1n) is 8.16. The number of nitrogens with zero attached hydrogens (tertiary/aromatic N) is 5. The van der Waals surface area contributed by atoms with Crippen molar-refractivity contribution < 1.29 is 4.79 Å². The molecule has 7 nitrogen and oxygen atoms in total. The molecule has 25 heavy (non-hydrogen) atoms. The molecule has 4 rings (SSSR count). The SMILES string of the molecule is O=C(c1cnc2ccccn2c1=O)N1CCN(c2ccccn2)CC1. The molecule has 3 aromatic heterocycles. The van der Waals surface area contributed by atoms with Crippen LogP contribution >= 0.6 is 0 Å². The second-order valence-corrected chi connectivity index (χ2v) is 5.87. The first-order valence-corrected chi connectivity index (χ1v) is 8.16. The Morgan fingerprint density at radius 2 is 1.76 bits per heavy atom. The summed E-state index contributed by atoms with van der Waals surface area (Å²) in [4.78, 5) is 37.7. The van der Waals surface area contributed by atoms with E-state index >= 15 is 0 Å². The molecule has 0 aliphatic carbocycles. The summed E-state index contributed by atoms with van der Waals surface area (Å²) in [6.07, 6.45) is 4.76. The third kappa shape index (κ3) is 2.84. The monoisotopic (exact) mass is 335 g/mol. The van der Waals surface area contributed by atoms with E-state index in [1.807, 2.05) is 18.2 Å². The summed E-state index contributed by atoms with van der Waals surface area (Å²) in [6.45, 7) is 2.47. The van der Waals surface area contributed by atoms with Crippen molar-refractivity contribution in [1.82, 2.24) is 19.3 Å². The Labute approximate surface area is 144 Å². The molecule has 0 bridgehead atoms. The minimum absolute atomic E-state index is 0.106. The maximum atomic E-state index is 12.7. The summed E-state index contributed by atoms with van der Waals surface area (Å²) >= 11 is 0. The van der Waals surface area contributed by atoms with Gasteiger partial charge in [0.15, 0.2) is 0 Å². The van der Waals surface area contributed by atoms with Gasteiger partial charge in [0.1, 0.15) is 17.0 Å². The molecule has 0 aromatic carbocycles. The number of anilines is 1.